The first-order chi connectivity index (χ1) is 8.70. The normalized spacial score (nSPS) is 51.2. The van der Waals surface area contributed by atoms with E-state index in [2.05, 4.69) is 6.92 Å². The molecule has 18 heavy (non-hydrogen) atoms. The van der Waals surface area contributed by atoms with Crippen LogP contribution in [0.25, 0.3) is 0 Å². The van der Waals surface area contributed by atoms with Crippen molar-refractivity contribution in [1.29, 1.82) is 0 Å². The highest BCUT2D eigenvalue weighted by Crippen LogP contribution is 2.61. The fourth-order valence-corrected chi connectivity index (χ4v) is 6.42. The van der Waals surface area contributed by atoms with Crippen LogP contribution in [0.5, 0.6) is 0 Å². The maximum absolute atomic E-state index is 2.60. The average Bonchev–Trinajstić information content (AvgIpc) is 3.15. The van der Waals surface area contributed by atoms with E-state index < -0.39 is 0 Å². The summed E-state index contributed by atoms with van der Waals surface area (Å²) in [5.41, 5.74) is 1.66. The molecule has 0 heterocycles. The minimum absolute atomic E-state index is 0.817. The third-order valence-corrected chi connectivity index (χ3v) is 7.84. The molecule has 0 N–H and O–H groups in total. The Morgan fingerprint density at radius 3 is 2.00 bits per heavy atom. The Kier molecular flexibility index (Phi) is 2.62. The van der Waals surface area contributed by atoms with Gasteiger partial charge in [0.2, 0.25) is 0 Å². The van der Waals surface area contributed by atoms with Crippen molar-refractivity contribution in [1.82, 2.24) is 0 Å². The summed E-state index contributed by atoms with van der Waals surface area (Å²) in [4.78, 5) is 0. The molecule has 0 aromatic rings. The van der Waals surface area contributed by atoms with Crippen molar-refractivity contribution in [3.8, 4) is 0 Å². The maximum Gasteiger partial charge on any atom is -0.0269 e. The minimum Gasteiger partial charge on any atom is -0.0620 e. The van der Waals surface area contributed by atoms with Gasteiger partial charge in [-0.2, -0.15) is 0 Å². The summed E-state index contributed by atoms with van der Waals surface area (Å²) in [5.74, 6) is 3.30. The zero-order valence-corrected chi connectivity index (χ0v) is 12.2. The largest absolute Gasteiger partial charge is 0.0620 e. The van der Waals surface area contributed by atoms with Crippen LogP contribution in [0.4, 0.5) is 0 Å². The number of hydrogen-bond donors (Lipinski definition) is 0. The lowest BCUT2D eigenvalue weighted by molar-refractivity contribution is 0.144. The predicted molar refractivity (Wildman–Crippen MR) is 76.4 cm³/mol. The third kappa shape index (κ3) is 1.70. The molecule has 1 unspecified atom stereocenters. The molecule has 0 aromatic heterocycles. The molecule has 0 saturated heterocycles. The van der Waals surface area contributed by atoms with Crippen molar-refractivity contribution in [2.45, 2.75) is 84.0 Å². The summed E-state index contributed by atoms with van der Waals surface area (Å²) in [6.45, 7) is 2.60. The van der Waals surface area contributed by atoms with Crippen molar-refractivity contribution >= 4 is 0 Å². The molecule has 0 amide bonds. The van der Waals surface area contributed by atoms with Crippen LogP contribution < -0.4 is 0 Å². The molecule has 0 radical (unpaired) electrons. The molecular formula is C18H30. The molecule has 0 aromatic carbocycles. The number of fused-ring (bicyclic) bond motifs is 4. The Labute approximate surface area is 113 Å². The van der Waals surface area contributed by atoms with Crippen molar-refractivity contribution in [3.05, 3.63) is 0 Å². The summed E-state index contributed by atoms with van der Waals surface area (Å²) >= 11 is 0. The van der Waals surface area contributed by atoms with Crippen LogP contribution in [-0.2, 0) is 0 Å². The Balaban J connectivity index is 1.37. The highest BCUT2D eigenvalue weighted by molar-refractivity contribution is 5.00. The molecule has 4 bridgehead atoms. The van der Waals surface area contributed by atoms with Crippen LogP contribution in [0.1, 0.15) is 84.0 Å². The second-order valence-corrected chi connectivity index (χ2v) is 8.60. The van der Waals surface area contributed by atoms with E-state index in [1.165, 1.54) is 0 Å². The van der Waals surface area contributed by atoms with Gasteiger partial charge in [-0.15, -0.1) is 0 Å². The van der Waals surface area contributed by atoms with Gasteiger partial charge in [-0.25, -0.2) is 0 Å². The lowest BCUT2D eigenvalue weighted by atomic mass is 9.69. The molecular weight excluding hydrogens is 216 g/mol. The van der Waals surface area contributed by atoms with Gasteiger partial charge in [0.1, 0.15) is 0 Å². The molecule has 0 aliphatic heterocycles. The molecule has 0 nitrogen and oxygen atoms in total. The van der Waals surface area contributed by atoms with E-state index in [0.29, 0.717) is 0 Å². The molecule has 0 spiro atoms. The molecule has 4 aliphatic rings. The highest BCUT2D eigenvalue weighted by Gasteiger charge is 2.49. The van der Waals surface area contributed by atoms with E-state index in [-0.39, 0.29) is 0 Å². The van der Waals surface area contributed by atoms with Crippen molar-refractivity contribution in [2.75, 3.05) is 0 Å². The molecule has 0 heteroatoms. The topological polar surface area (TPSA) is 0 Å². The maximum atomic E-state index is 2.60. The van der Waals surface area contributed by atoms with Crippen LogP contribution in [-0.4, -0.2) is 0 Å². The summed E-state index contributed by atoms with van der Waals surface area (Å²) in [7, 11) is 0. The van der Waals surface area contributed by atoms with E-state index in [9.17, 15) is 0 Å². The first-order valence-corrected chi connectivity index (χ1v) is 8.70. The number of hydrogen-bond acceptors (Lipinski definition) is 0. The van der Waals surface area contributed by atoms with E-state index in [1.807, 2.05) is 0 Å². The van der Waals surface area contributed by atoms with E-state index in [1.54, 1.807) is 77.0 Å². The van der Waals surface area contributed by atoms with Crippen molar-refractivity contribution in [2.24, 2.45) is 28.6 Å². The highest BCUT2D eigenvalue weighted by atomic mass is 14.5. The quantitative estimate of drug-likeness (QED) is 0.609. The fourth-order valence-electron chi connectivity index (χ4n) is 6.42. The van der Waals surface area contributed by atoms with Gasteiger partial charge in [-0.3, -0.25) is 0 Å². The molecule has 4 saturated carbocycles. The van der Waals surface area contributed by atoms with Gasteiger partial charge in [0.15, 0.2) is 0 Å². The fraction of sp³-hybridized carbons (Fsp3) is 1.00. The molecule has 4 rings (SSSR count). The van der Waals surface area contributed by atoms with Crippen molar-refractivity contribution < 1.29 is 0 Å². The summed E-state index contributed by atoms with van der Waals surface area (Å²) in [6, 6.07) is 0. The third-order valence-electron chi connectivity index (χ3n) is 7.84. The van der Waals surface area contributed by atoms with E-state index in [4.69, 9.17) is 0 Å². The second kappa shape index (κ2) is 4.00. The van der Waals surface area contributed by atoms with Crippen LogP contribution in [0.3, 0.4) is 0 Å². The Morgan fingerprint density at radius 2 is 1.50 bits per heavy atom. The first kappa shape index (κ1) is 11.8. The lowest BCUT2D eigenvalue weighted by Crippen LogP contribution is -2.26. The standard InChI is InChI=1S/C18H30/c1-14(18-10-5-16(13-18)6-11-18)2-7-17-8-3-15(12-17)4-9-17/h14-16H,2-13H2,1H3. The molecule has 102 valence electrons. The Hall–Kier alpha value is 0. The van der Waals surface area contributed by atoms with E-state index in [0.717, 1.165) is 28.6 Å². The summed E-state index contributed by atoms with van der Waals surface area (Å²) < 4.78 is 0. The summed E-state index contributed by atoms with van der Waals surface area (Å²) in [6.07, 6.45) is 18.9. The van der Waals surface area contributed by atoms with Crippen LogP contribution >= 0.6 is 0 Å². The van der Waals surface area contributed by atoms with Gasteiger partial charge < -0.3 is 0 Å². The summed E-state index contributed by atoms with van der Waals surface area (Å²) in [5, 5.41) is 0. The van der Waals surface area contributed by atoms with Gasteiger partial charge in [-0.05, 0) is 106 Å². The lowest BCUT2D eigenvalue weighted by Gasteiger charge is -2.36. The van der Waals surface area contributed by atoms with Gasteiger partial charge in [0.05, 0.1) is 0 Å². The molecule has 4 fully saturated rings. The number of rotatable bonds is 4. The van der Waals surface area contributed by atoms with Gasteiger partial charge in [0, 0.05) is 0 Å². The molecule has 1 atom stereocenters. The average molecular weight is 246 g/mol. The molecule has 4 aliphatic carbocycles. The van der Waals surface area contributed by atoms with Gasteiger partial charge >= 0.3 is 0 Å². The van der Waals surface area contributed by atoms with Crippen LogP contribution in [0.2, 0.25) is 0 Å². The Bertz CT molecular complexity index is 313. The van der Waals surface area contributed by atoms with Crippen LogP contribution in [0, 0.1) is 28.6 Å². The monoisotopic (exact) mass is 246 g/mol. The SMILES string of the molecule is CC(CCC12CCC(CC1)C2)C12CCC(CC1)C2. The van der Waals surface area contributed by atoms with Crippen molar-refractivity contribution in [3.63, 3.8) is 0 Å². The van der Waals surface area contributed by atoms with E-state index >= 15 is 0 Å². The van der Waals surface area contributed by atoms with Gasteiger partial charge in [0.25, 0.3) is 0 Å². The second-order valence-electron chi connectivity index (χ2n) is 8.60. The first-order valence-electron chi connectivity index (χ1n) is 8.70. The minimum atomic E-state index is 0.817. The van der Waals surface area contributed by atoms with Gasteiger partial charge in [-0.1, -0.05) is 6.92 Å². The smallest absolute Gasteiger partial charge is 0.0269 e. The predicted octanol–water partition coefficient (Wildman–Crippen LogP) is 5.56. The zero-order valence-electron chi connectivity index (χ0n) is 12.2. The van der Waals surface area contributed by atoms with Crippen LogP contribution in [0.15, 0.2) is 0 Å². The Morgan fingerprint density at radius 1 is 0.889 bits per heavy atom. The zero-order chi connectivity index (χ0) is 12.2.